The van der Waals surface area contributed by atoms with Crippen LogP contribution in [0.1, 0.15) is 29.3 Å². The molecule has 0 saturated carbocycles. The van der Waals surface area contributed by atoms with E-state index in [0.29, 0.717) is 0 Å². The van der Waals surface area contributed by atoms with Crippen LogP contribution in [-0.4, -0.2) is 43.5 Å². The summed E-state index contributed by atoms with van der Waals surface area (Å²) in [6.07, 6.45) is 0.965. The highest BCUT2D eigenvalue weighted by molar-refractivity contribution is 5.94. The first-order valence-corrected chi connectivity index (χ1v) is 7.10. The topological polar surface area (TPSA) is 44.4 Å². The fraction of sp³-hybridized carbons (Fsp3) is 0.533. The van der Waals surface area contributed by atoms with Gasteiger partial charge < -0.3 is 10.6 Å². The largest absolute Gasteiger partial charge is 0.352 e. The van der Waals surface area contributed by atoms with Gasteiger partial charge in [-0.25, -0.2) is 0 Å². The van der Waals surface area contributed by atoms with Crippen molar-refractivity contribution in [1.82, 2.24) is 15.5 Å². The monoisotopic (exact) mass is 261 g/mol. The summed E-state index contributed by atoms with van der Waals surface area (Å²) in [6.45, 7) is 8.09. The highest BCUT2D eigenvalue weighted by atomic mass is 16.1. The summed E-state index contributed by atoms with van der Waals surface area (Å²) >= 11 is 0. The molecule has 0 bridgehead atoms. The van der Waals surface area contributed by atoms with E-state index in [2.05, 4.69) is 34.6 Å². The van der Waals surface area contributed by atoms with Gasteiger partial charge in [-0.2, -0.15) is 0 Å². The molecule has 0 unspecified atom stereocenters. The third-order valence-corrected chi connectivity index (χ3v) is 3.37. The third-order valence-electron chi connectivity index (χ3n) is 3.37. The Labute approximate surface area is 115 Å². The van der Waals surface area contributed by atoms with Crippen LogP contribution in [0.15, 0.2) is 24.3 Å². The molecular formula is C15H23N3O. The molecule has 4 nitrogen and oxygen atoms in total. The van der Waals surface area contributed by atoms with Gasteiger partial charge in [-0.05, 0) is 24.1 Å². The van der Waals surface area contributed by atoms with Gasteiger partial charge in [0.05, 0.1) is 0 Å². The molecule has 19 heavy (non-hydrogen) atoms. The molecule has 0 spiro atoms. The molecule has 1 fully saturated rings. The van der Waals surface area contributed by atoms with Crippen LogP contribution in [0, 0.1) is 0 Å². The lowest BCUT2D eigenvalue weighted by molar-refractivity contribution is 0.0953. The Morgan fingerprint density at radius 1 is 1.26 bits per heavy atom. The zero-order chi connectivity index (χ0) is 13.5. The van der Waals surface area contributed by atoms with Gasteiger partial charge in [0.15, 0.2) is 0 Å². The highest BCUT2D eigenvalue weighted by Gasteiger charge is 2.10. The average Bonchev–Trinajstić information content (AvgIpc) is 2.46. The van der Waals surface area contributed by atoms with Gasteiger partial charge in [0.2, 0.25) is 0 Å². The minimum atomic E-state index is 0.0237. The first-order valence-electron chi connectivity index (χ1n) is 7.10. The second-order valence-electron chi connectivity index (χ2n) is 4.98. The van der Waals surface area contributed by atoms with Crippen LogP contribution < -0.4 is 10.6 Å². The number of nitrogens with zero attached hydrogens (tertiary/aromatic N) is 1. The molecule has 1 amide bonds. The van der Waals surface area contributed by atoms with Gasteiger partial charge in [-0.3, -0.25) is 9.69 Å². The Morgan fingerprint density at radius 3 is 2.58 bits per heavy atom. The van der Waals surface area contributed by atoms with Crippen LogP contribution in [0.25, 0.3) is 0 Å². The Morgan fingerprint density at radius 2 is 1.95 bits per heavy atom. The van der Waals surface area contributed by atoms with Gasteiger partial charge in [0, 0.05) is 44.8 Å². The van der Waals surface area contributed by atoms with Crippen molar-refractivity contribution in [3.05, 3.63) is 35.4 Å². The van der Waals surface area contributed by atoms with Crippen molar-refractivity contribution in [2.45, 2.75) is 19.9 Å². The lowest BCUT2D eigenvalue weighted by Gasteiger charge is -2.27. The number of hydrogen-bond acceptors (Lipinski definition) is 3. The summed E-state index contributed by atoms with van der Waals surface area (Å²) in [5, 5.41) is 6.24. The molecule has 104 valence electrons. The number of rotatable bonds is 5. The summed E-state index contributed by atoms with van der Waals surface area (Å²) < 4.78 is 0. The minimum absolute atomic E-state index is 0.0237. The molecule has 2 N–H and O–H groups in total. The van der Waals surface area contributed by atoms with Crippen LogP contribution in [0.3, 0.4) is 0 Å². The van der Waals surface area contributed by atoms with Crippen molar-refractivity contribution in [2.75, 3.05) is 32.7 Å². The van der Waals surface area contributed by atoms with Crippen molar-refractivity contribution in [1.29, 1.82) is 0 Å². The zero-order valence-corrected chi connectivity index (χ0v) is 11.6. The molecule has 0 aromatic heterocycles. The fourth-order valence-electron chi connectivity index (χ4n) is 2.23. The predicted molar refractivity (Wildman–Crippen MR) is 77.2 cm³/mol. The molecule has 1 aliphatic rings. The van der Waals surface area contributed by atoms with Crippen LogP contribution in [-0.2, 0) is 6.54 Å². The van der Waals surface area contributed by atoms with E-state index in [1.165, 1.54) is 5.56 Å². The molecule has 1 aliphatic heterocycles. The summed E-state index contributed by atoms with van der Waals surface area (Å²) in [7, 11) is 0. The van der Waals surface area contributed by atoms with Crippen LogP contribution in [0.5, 0.6) is 0 Å². The summed E-state index contributed by atoms with van der Waals surface area (Å²) in [5.41, 5.74) is 2.02. The first-order chi connectivity index (χ1) is 9.29. The van der Waals surface area contributed by atoms with E-state index in [9.17, 15) is 4.79 Å². The maximum Gasteiger partial charge on any atom is 0.251 e. The van der Waals surface area contributed by atoms with Gasteiger partial charge in [0.1, 0.15) is 0 Å². The van der Waals surface area contributed by atoms with Gasteiger partial charge in [-0.1, -0.05) is 19.1 Å². The summed E-state index contributed by atoms with van der Waals surface area (Å²) in [4.78, 5) is 14.2. The number of amides is 1. The molecule has 4 heteroatoms. The zero-order valence-electron chi connectivity index (χ0n) is 11.6. The van der Waals surface area contributed by atoms with E-state index < -0.39 is 0 Å². The lowest BCUT2D eigenvalue weighted by atomic mass is 10.1. The van der Waals surface area contributed by atoms with Crippen molar-refractivity contribution in [3.8, 4) is 0 Å². The predicted octanol–water partition coefficient (Wildman–Crippen LogP) is 1.23. The number of carbonyl (C=O) groups excluding carboxylic acids is 1. The number of piperazine rings is 1. The molecule has 2 rings (SSSR count). The van der Waals surface area contributed by atoms with E-state index in [4.69, 9.17) is 0 Å². The SMILES string of the molecule is CCCNC(=O)c1ccc(CN2CCNCC2)cc1. The van der Waals surface area contributed by atoms with E-state index in [1.807, 2.05) is 12.1 Å². The van der Waals surface area contributed by atoms with Crippen LogP contribution in [0.2, 0.25) is 0 Å². The molecular weight excluding hydrogens is 238 g/mol. The Balaban J connectivity index is 1.88. The summed E-state index contributed by atoms with van der Waals surface area (Å²) in [5.74, 6) is 0.0237. The molecule has 0 aliphatic carbocycles. The first kappa shape index (κ1) is 14.0. The molecule has 0 radical (unpaired) electrons. The van der Waals surface area contributed by atoms with E-state index >= 15 is 0 Å². The maximum absolute atomic E-state index is 11.8. The fourth-order valence-corrected chi connectivity index (χ4v) is 2.23. The minimum Gasteiger partial charge on any atom is -0.352 e. The van der Waals surface area contributed by atoms with Crippen molar-refractivity contribution in [2.24, 2.45) is 0 Å². The second kappa shape index (κ2) is 7.26. The van der Waals surface area contributed by atoms with E-state index in [1.54, 1.807) is 0 Å². The molecule has 1 aromatic carbocycles. The Kier molecular flexibility index (Phi) is 5.36. The van der Waals surface area contributed by atoms with Gasteiger partial charge >= 0.3 is 0 Å². The standard InChI is InChI=1S/C15H23N3O/c1-2-7-17-15(19)14-5-3-13(4-6-14)12-18-10-8-16-9-11-18/h3-6,16H,2,7-12H2,1H3,(H,17,19). The average molecular weight is 261 g/mol. The lowest BCUT2D eigenvalue weighted by Crippen LogP contribution is -2.42. The molecule has 0 atom stereocenters. The molecule has 1 saturated heterocycles. The normalized spacial score (nSPS) is 16.3. The number of carbonyl (C=O) groups is 1. The number of nitrogens with one attached hydrogen (secondary N) is 2. The smallest absolute Gasteiger partial charge is 0.251 e. The summed E-state index contributed by atoms with van der Waals surface area (Å²) in [6, 6.07) is 7.96. The quantitative estimate of drug-likeness (QED) is 0.838. The Bertz CT molecular complexity index is 396. The number of hydrogen-bond donors (Lipinski definition) is 2. The van der Waals surface area contributed by atoms with Crippen LogP contribution in [0.4, 0.5) is 0 Å². The van der Waals surface area contributed by atoms with Crippen molar-refractivity contribution < 1.29 is 4.79 Å². The second-order valence-corrected chi connectivity index (χ2v) is 4.98. The number of benzene rings is 1. The van der Waals surface area contributed by atoms with Crippen molar-refractivity contribution in [3.63, 3.8) is 0 Å². The molecule has 1 aromatic rings. The van der Waals surface area contributed by atoms with E-state index in [0.717, 1.165) is 51.3 Å². The Hall–Kier alpha value is -1.39. The highest BCUT2D eigenvalue weighted by Crippen LogP contribution is 2.08. The maximum atomic E-state index is 11.8. The van der Waals surface area contributed by atoms with Gasteiger partial charge in [-0.15, -0.1) is 0 Å². The molecule has 1 heterocycles. The van der Waals surface area contributed by atoms with Crippen molar-refractivity contribution >= 4 is 5.91 Å². The van der Waals surface area contributed by atoms with E-state index in [-0.39, 0.29) is 5.91 Å². The van der Waals surface area contributed by atoms with Crippen LogP contribution >= 0.6 is 0 Å². The third kappa shape index (κ3) is 4.33. The van der Waals surface area contributed by atoms with Gasteiger partial charge in [0.25, 0.3) is 5.91 Å².